The molecule has 0 unspecified atom stereocenters. The summed E-state index contributed by atoms with van der Waals surface area (Å²) in [5.74, 6) is -0.193. The molecule has 158 valence electrons. The highest BCUT2D eigenvalue weighted by Gasteiger charge is 2.34. The van der Waals surface area contributed by atoms with Crippen molar-refractivity contribution >= 4 is 27.1 Å². The van der Waals surface area contributed by atoms with Crippen LogP contribution in [0.3, 0.4) is 0 Å². The molecule has 0 aliphatic carbocycles. The summed E-state index contributed by atoms with van der Waals surface area (Å²) in [5, 5.41) is 9.58. The minimum absolute atomic E-state index is 0.0381. The molecule has 0 amide bonds. The number of anilines is 3. The van der Waals surface area contributed by atoms with Gasteiger partial charge in [-0.05, 0) is 60.0 Å². The number of halogens is 3. The van der Waals surface area contributed by atoms with E-state index in [-0.39, 0.29) is 38.8 Å². The molecular weight excluding hydrogens is 419 g/mol. The number of phenolic OH excluding ortho intramolecular Hbond substituents is 1. The third-order valence-corrected chi connectivity index (χ3v) is 5.93. The van der Waals surface area contributed by atoms with Crippen molar-refractivity contribution in [1.29, 1.82) is 0 Å². The quantitative estimate of drug-likeness (QED) is 0.453. The topological polar surface area (TPSA) is 118 Å². The van der Waals surface area contributed by atoms with Crippen LogP contribution < -0.4 is 16.2 Å². The second kappa shape index (κ2) is 7.45. The van der Waals surface area contributed by atoms with Gasteiger partial charge in [0.05, 0.1) is 21.8 Å². The van der Waals surface area contributed by atoms with E-state index in [4.69, 9.17) is 11.5 Å². The Hall–Kier alpha value is -3.40. The van der Waals surface area contributed by atoms with E-state index < -0.39 is 21.8 Å². The minimum Gasteiger partial charge on any atom is -0.508 e. The van der Waals surface area contributed by atoms with Gasteiger partial charge in [-0.25, -0.2) is 8.42 Å². The molecule has 0 bridgehead atoms. The van der Waals surface area contributed by atoms with Gasteiger partial charge in [0.2, 0.25) is 0 Å². The Morgan fingerprint density at radius 1 is 0.967 bits per heavy atom. The van der Waals surface area contributed by atoms with Crippen molar-refractivity contribution in [3.63, 3.8) is 0 Å². The maximum atomic E-state index is 13.7. The number of hydrogen-bond acceptors (Lipinski definition) is 5. The third-order valence-electron chi connectivity index (χ3n) is 4.40. The van der Waals surface area contributed by atoms with E-state index in [1.54, 1.807) is 0 Å². The fraction of sp³-hybridized carbons (Fsp3) is 0.100. The molecule has 3 rings (SSSR count). The number of nitrogen functional groups attached to an aromatic ring is 2. The summed E-state index contributed by atoms with van der Waals surface area (Å²) in [5.41, 5.74) is 10.5. The van der Waals surface area contributed by atoms with Crippen LogP contribution in [-0.4, -0.2) is 13.5 Å². The summed E-state index contributed by atoms with van der Waals surface area (Å²) in [6, 6.07) is 10.9. The van der Waals surface area contributed by atoms with Crippen molar-refractivity contribution in [2.24, 2.45) is 0 Å². The van der Waals surface area contributed by atoms with Gasteiger partial charge in [-0.15, -0.1) is 0 Å². The molecule has 0 heterocycles. The molecule has 10 heteroatoms. The van der Waals surface area contributed by atoms with Crippen molar-refractivity contribution in [2.75, 3.05) is 16.2 Å². The SMILES string of the molecule is Cc1cc(N)c(N)cc1S(=O)(=O)Nc1ccc(-c2cccc(O)c2)c(C(F)(F)F)c1. The zero-order valence-electron chi connectivity index (χ0n) is 15.7. The smallest absolute Gasteiger partial charge is 0.417 e. The van der Waals surface area contributed by atoms with Crippen LogP contribution in [0, 0.1) is 6.92 Å². The van der Waals surface area contributed by atoms with Crippen LogP contribution in [0.5, 0.6) is 5.75 Å². The van der Waals surface area contributed by atoms with Crippen LogP contribution in [-0.2, 0) is 16.2 Å². The zero-order chi connectivity index (χ0) is 22.3. The lowest BCUT2D eigenvalue weighted by Gasteiger charge is -2.17. The molecule has 0 spiro atoms. The van der Waals surface area contributed by atoms with E-state index in [2.05, 4.69) is 4.72 Å². The third kappa shape index (κ3) is 4.28. The van der Waals surface area contributed by atoms with Gasteiger partial charge in [0.15, 0.2) is 0 Å². The zero-order valence-corrected chi connectivity index (χ0v) is 16.5. The summed E-state index contributed by atoms with van der Waals surface area (Å²) in [7, 11) is -4.22. The number of nitrogens with one attached hydrogen (secondary N) is 1. The number of nitrogens with two attached hydrogens (primary N) is 2. The highest BCUT2D eigenvalue weighted by Crippen LogP contribution is 2.39. The van der Waals surface area contributed by atoms with Gasteiger partial charge >= 0.3 is 6.18 Å². The van der Waals surface area contributed by atoms with E-state index in [0.717, 1.165) is 12.1 Å². The molecule has 0 aliphatic heterocycles. The number of rotatable bonds is 4. The Kier molecular flexibility index (Phi) is 5.29. The molecular formula is C20H18F3N3O3S. The second-order valence-electron chi connectivity index (χ2n) is 6.66. The van der Waals surface area contributed by atoms with Crippen molar-refractivity contribution < 1.29 is 26.7 Å². The van der Waals surface area contributed by atoms with Gasteiger partial charge in [-0.1, -0.05) is 18.2 Å². The van der Waals surface area contributed by atoms with Gasteiger partial charge in [-0.3, -0.25) is 4.72 Å². The summed E-state index contributed by atoms with van der Waals surface area (Å²) >= 11 is 0. The average molecular weight is 437 g/mol. The molecule has 30 heavy (non-hydrogen) atoms. The number of benzene rings is 3. The molecule has 0 atom stereocenters. The number of hydrogen-bond donors (Lipinski definition) is 4. The monoisotopic (exact) mass is 437 g/mol. The lowest BCUT2D eigenvalue weighted by molar-refractivity contribution is -0.137. The van der Waals surface area contributed by atoms with Crippen molar-refractivity contribution in [3.05, 3.63) is 65.7 Å². The van der Waals surface area contributed by atoms with Gasteiger partial charge in [0, 0.05) is 5.69 Å². The highest BCUT2D eigenvalue weighted by molar-refractivity contribution is 7.92. The van der Waals surface area contributed by atoms with E-state index in [1.807, 2.05) is 0 Å². The Bertz CT molecular complexity index is 1230. The summed E-state index contributed by atoms with van der Waals surface area (Å²) in [6.07, 6.45) is -4.76. The number of aromatic hydroxyl groups is 1. The van der Waals surface area contributed by atoms with Gasteiger partial charge in [0.25, 0.3) is 10.0 Å². The van der Waals surface area contributed by atoms with Crippen molar-refractivity contribution in [3.8, 4) is 16.9 Å². The van der Waals surface area contributed by atoms with Gasteiger partial charge in [0.1, 0.15) is 5.75 Å². The lowest BCUT2D eigenvalue weighted by Crippen LogP contribution is -2.16. The molecule has 0 saturated carbocycles. The van der Waals surface area contributed by atoms with Gasteiger partial charge in [-0.2, -0.15) is 13.2 Å². The molecule has 0 fully saturated rings. The van der Waals surface area contributed by atoms with Gasteiger partial charge < -0.3 is 16.6 Å². The Labute approximate surface area is 171 Å². The van der Waals surface area contributed by atoms with Crippen molar-refractivity contribution in [1.82, 2.24) is 0 Å². The fourth-order valence-corrected chi connectivity index (χ4v) is 4.31. The number of sulfonamides is 1. The second-order valence-corrected chi connectivity index (χ2v) is 8.31. The molecule has 3 aromatic carbocycles. The summed E-state index contributed by atoms with van der Waals surface area (Å²) in [4.78, 5) is -0.195. The van der Waals surface area contributed by atoms with Crippen LogP contribution in [0.2, 0.25) is 0 Å². The first-order valence-electron chi connectivity index (χ1n) is 8.57. The normalized spacial score (nSPS) is 12.0. The predicted octanol–water partition coefficient (Wildman–Crippen LogP) is 4.35. The first kappa shape index (κ1) is 21.3. The Morgan fingerprint density at radius 3 is 2.27 bits per heavy atom. The standard InChI is InChI=1S/C20H18F3N3O3S/c1-11-7-17(24)18(25)10-19(11)30(28,29)26-13-5-6-15(16(9-13)20(21,22)23)12-3-2-4-14(27)8-12/h2-10,26-27H,24-25H2,1H3. The average Bonchev–Trinajstić information content (AvgIpc) is 2.63. The number of phenols is 1. The van der Waals surface area contributed by atoms with Crippen LogP contribution in [0.15, 0.2) is 59.5 Å². The molecule has 6 N–H and O–H groups in total. The van der Waals surface area contributed by atoms with Crippen LogP contribution in [0.4, 0.5) is 30.2 Å². The molecule has 0 aliphatic rings. The molecule has 0 saturated heterocycles. The maximum Gasteiger partial charge on any atom is 0.417 e. The van der Waals surface area contributed by atoms with E-state index in [0.29, 0.717) is 11.6 Å². The van der Waals surface area contributed by atoms with E-state index in [1.165, 1.54) is 43.3 Å². The summed E-state index contributed by atoms with van der Waals surface area (Å²) in [6.45, 7) is 1.50. The fourth-order valence-electron chi connectivity index (χ4n) is 2.99. The largest absolute Gasteiger partial charge is 0.508 e. The first-order valence-corrected chi connectivity index (χ1v) is 10.1. The van der Waals surface area contributed by atoms with Crippen LogP contribution >= 0.6 is 0 Å². The highest BCUT2D eigenvalue weighted by atomic mass is 32.2. The van der Waals surface area contributed by atoms with Crippen molar-refractivity contribution in [2.45, 2.75) is 18.0 Å². The number of alkyl halides is 3. The minimum atomic E-state index is -4.76. The summed E-state index contributed by atoms with van der Waals surface area (Å²) < 4.78 is 68.6. The Balaban J connectivity index is 2.07. The maximum absolute atomic E-state index is 13.7. The predicted molar refractivity (Wildman–Crippen MR) is 109 cm³/mol. The molecule has 0 radical (unpaired) electrons. The Morgan fingerprint density at radius 2 is 1.63 bits per heavy atom. The first-order chi connectivity index (χ1) is 13.9. The lowest BCUT2D eigenvalue weighted by atomic mass is 9.98. The van der Waals surface area contributed by atoms with E-state index in [9.17, 15) is 26.7 Å². The number of aryl methyl sites for hydroxylation is 1. The van der Waals surface area contributed by atoms with E-state index >= 15 is 0 Å². The molecule has 3 aromatic rings. The molecule has 6 nitrogen and oxygen atoms in total. The molecule has 0 aromatic heterocycles. The van der Waals surface area contributed by atoms with Crippen LogP contribution in [0.1, 0.15) is 11.1 Å². The van der Waals surface area contributed by atoms with Crippen LogP contribution in [0.25, 0.3) is 11.1 Å².